The zero-order valence-corrected chi connectivity index (χ0v) is 11.7. The number of rotatable bonds is 4. The molecule has 0 bridgehead atoms. The minimum absolute atomic E-state index is 0.191. The Morgan fingerprint density at radius 2 is 2.14 bits per heavy atom. The first-order chi connectivity index (χ1) is 10.1. The molecule has 5 heteroatoms. The van der Waals surface area contributed by atoms with Crippen LogP contribution in [0.2, 0.25) is 0 Å². The maximum atomic E-state index is 14.0. The number of benzene rings is 1. The highest BCUT2D eigenvalue weighted by Crippen LogP contribution is 2.31. The number of nitrogens with zero attached hydrogens (tertiary/aromatic N) is 1. The van der Waals surface area contributed by atoms with Gasteiger partial charge in [0, 0.05) is 18.4 Å². The van der Waals surface area contributed by atoms with Crippen LogP contribution in [0.1, 0.15) is 28.8 Å². The van der Waals surface area contributed by atoms with Crippen LogP contribution in [0.3, 0.4) is 0 Å². The second kappa shape index (κ2) is 5.52. The minimum Gasteiger partial charge on any atom is -0.381 e. The lowest BCUT2D eigenvalue weighted by atomic mass is 10.2. The van der Waals surface area contributed by atoms with Crippen molar-refractivity contribution >= 4 is 17.3 Å². The van der Waals surface area contributed by atoms with Crippen LogP contribution in [0.25, 0.3) is 0 Å². The molecule has 0 unspecified atom stereocenters. The lowest BCUT2D eigenvalue weighted by Gasteiger charge is -2.13. The Hall–Kier alpha value is -2.43. The molecule has 1 fully saturated rings. The number of carbonyl (C=O) groups excluding carboxylic acids is 1. The summed E-state index contributed by atoms with van der Waals surface area (Å²) in [4.78, 5) is 16.2. The van der Waals surface area contributed by atoms with E-state index in [0.717, 1.165) is 18.4 Å². The first-order valence-electron chi connectivity index (χ1n) is 6.91. The lowest BCUT2D eigenvalue weighted by molar-refractivity contribution is 0.102. The van der Waals surface area contributed by atoms with Crippen molar-refractivity contribution in [2.45, 2.75) is 25.8 Å². The molecule has 1 saturated carbocycles. The maximum Gasteiger partial charge on any atom is 0.257 e. The van der Waals surface area contributed by atoms with Gasteiger partial charge in [-0.25, -0.2) is 4.39 Å². The Bertz CT molecular complexity index is 683. The highest BCUT2D eigenvalue weighted by atomic mass is 19.1. The number of halogens is 1. The highest BCUT2D eigenvalue weighted by molar-refractivity contribution is 6.05. The molecule has 0 atom stereocenters. The molecule has 0 radical (unpaired) electrons. The molecular weight excluding hydrogens is 269 g/mol. The van der Waals surface area contributed by atoms with E-state index in [1.54, 1.807) is 24.4 Å². The van der Waals surface area contributed by atoms with Crippen molar-refractivity contribution in [3.63, 3.8) is 0 Å². The third-order valence-corrected chi connectivity index (χ3v) is 3.33. The molecule has 1 aliphatic rings. The average molecular weight is 285 g/mol. The largest absolute Gasteiger partial charge is 0.381 e. The van der Waals surface area contributed by atoms with Gasteiger partial charge in [0.1, 0.15) is 11.5 Å². The van der Waals surface area contributed by atoms with Gasteiger partial charge >= 0.3 is 0 Å². The predicted octanol–water partition coefficient (Wildman–Crippen LogP) is 3.36. The van der Waals surface area contributed by atoms with Crippen LogP contribution in [-0.4, -0.2) is 16.9 Å². The maximum absolute atomic E-state index is 14.0. The average Bonchev–Trinajstić information content (AvgIpc) is 3.26. The first-order valence-corrected chi connectivity index (χ1v) is 6.91. The number of pyridine rings is 1. The summed E-state index contributed by atoms with van der Waals surface area (Å²) >= 11 is 0. The van der Waals surface area contributed by atoms with Crippen molar-refractivity contribution in [2.75, 3.05) is 10.6 Å². The van der Waals surface area contributed by atoms with Gasteiger partial charge in [-0.2, -0.15) is 0 Å². The van der Waals surface area contributed by atoms with E-state index >= 15 is 0 Å². The quantitative estimate of drug-likeness (QED) is 0.905. The van der Waals surface area contributed by atoms with Gasteiger partial charge in [-0.05, 0) is 43.5 Å². The summed E-state index contributed by atoms with van der Waals surface area (Å²) in [7, 11) is 0. The van der Waals surface area contributed by atoms with Gasteiger partial charge in [-0.15, -0.1) is 0 Å². The molecule has 2 N–H and O–H groups in total. The highest BCUT2D eigenvalue weighted by Gasteiger charge is 2.23. The van der Waals surface area contributed by atoms with E-state index < -0.39 is 5.82 Å². The van der Waals surface area contributed by atoms with E-state index in [0.29, 0.717) is 17.3 Å². The number of amides is 1. The number of hydrogen-bond donors (Lipinski definition) is 2. The van der Waals surface area contributed by atoms with Crippen LogP contribution >= 0.6 is 0 Å². The molecule has 0 spiro atoms. The summed E-state index contributed by atoms with van der Waals surface area (Å²) in [5, 5.41) is 5.86. The van der Waals surface area contributed by atoms with Gasteiger partial charge < -0.3 is 10.6 Å². The second-order valence-electron chi connectivity index (χ2n) is 5.29. The molecule has 1 heterocycles. The normalized spacial score (nSPS) is 13.8. The van der Waals surface area contributed by atoms with E-state index in [2.05, 4.69) is 15.6 Å². The summed E-state index contributed by atoms with van der Waals surface area (Å²) in [6.07, 6.45) is 5.29. The van der Waals surface area contributed by atoms with Crippen LogP contribution < -0.4 is 10.6 Å². The van der Waals surface area contributed by atoms with E-state index in [1.165, 1.54) is 12.3 Å². The number of carbonyl (C=O) groups is 1. The van der Waals surface area contributed by atoms with E-state index in [-0.39, 0.29) is 11.6 Å². The van der Waals surface area contributed by atoms with Gasteiger partial charge in [0.25, 0.3) is 5.91 Å². The van der Waals surface area contributed by atoms with Gasteiger partial charge in [-0.3, -0.25) is 9.78 Å². The van der Waals surface area contributed by atoms with Gasteiger partial charge in [0.2, 0.25) is 0 Å². The number of aryl methyl sites for hydroxylation is 1. The molecule has 0 aliphatic heterocycles. The predicted molar refractivity (Wildman–Crippen MR) is 80.0 cm³/mol. The molecule has 1 aromatic carbocycles. The lowest BCUT2D eigenvalue weighted by Crippen LogP contribution is -2.16. The van der Waals surface area contributed by atoms with Crippen molar-refractivity contribution in [3.8, 4) is 0 Å². The fourth-order valence-electron chi connectivity index (χ4n) is 2.08. The summed E-state index contributed by atoms with van der Waals surface area (Å²) in [5.74, 6) is -0.815. The minimum atomic E-state index is -0.449. The topological polar surface area (TPSA) is 54.0 Å². The van der Waals surface area contributed by atoms with Crippen LogP contribution in [-0.2, 0) is 0 Å². The van der Waals surface area contributed by atoms with E-state index in [9.17, 15) is 9.18 Å². The van der Waals surface area contributed by atoms with Gasteiger partial charge in [-0.1, -0.05) is 6.07 Å². The summed E-state index contributed by atoms with van der Waals surface area (Å²) < 4.78 is 14.0. The number of para-hydroxylation sites is 1. The monoisotopic (exact) mass is 285 g/mol. The second-order valence-corrected chi connectivity index (χ2v) is 5.29. The molecule has 21 heavy (non-hydrogen) atoms. The molecule has 3 rings (SSSR count). The number of anilines is 2. The molecule has 1 amide bonds. The third-order valence-electron chi connectivity index (χ3n) is 3.33. The van der Waals surface area contributed by atoms with Crippen LogP contribution in [0, 0.1) is 12.7 Å². The Balaban J connectivity index is 1.84. The van der Waals surface area contributed by atoms with E-state index in [4.69, 9.17) is 0 Å². The summed E-state index contributed by atoms with van der Waals surface area (Å²) in [6, 6.07) is 6.83. The molecule has 2 aromatic rings. The van der Waals surface area contributed by atoms with Crippen molar-refractivity contribution < 1.29 is 9.18 Å². The summed E-state index contributed by atoms with van der Waals surface area (Å²) in [5.41, 5.74) is 2.10. The standard InChI is InChI=1S/C16H16FN3O/c1-10-7-11(9-18-8-10)16(21)20-15-13(17)3-2-4-14(15)19-12-5-6-12/h2-4,7-9,12,19H,5-6H2,1H3,(H,20,21). The zero-order chi connectivity index (χ0) is 14.8. The molecular formula is C16H16FN3O. The van der Waals surface area contributed by atoms with Crippen LogP contribution in [0.15, 0.2) is 36.7 Å². The fourth-order valence-corrected chi connectivity index (χ4v) is 2.08. The Morgan fingerprint density at radius 1 is 1.33 bits per heavy atom. The van der Waals surface area contributed by atoms with Crippen molar-refractivity contribution in [1.82, 2.24) is 4.98 Å². The number of nitrogens with one attached hydrogen (secondary N) is 2. The number of hydrogen-bond acceptors (Lipinski definition) is 3. The fraction of sp³-hybridized carbons (Fsp3) is 0.250. The van der Waals surface area contributed by atoms with E-state index in [1.807, 2.05) is 6.92 Å². The van der Waals surface area contributed by atoms with Crippen molar-refractivity contribution in [3.05, 3.63) is 53.6 Å². The summed E-state index contributed by atoms with van der Waals surface area (Å²) in [6.45, 7) is 1.85. The Labute approximate surface area is 122 Å². The molecule has 0 saturated heterocycles. The number of aromatic nitrogens is 1. The van der Waals surface area contributed by atoms with Crippen molar-refractivity contribution in [2.24, 2.45) is 0 Å². The Morgan fingerprint density at radius 3 is 2.86 bits per heavy atom. The molecule has 4 nitrogen and oxygen atoms in total. The Kier molecular flexibility index (Phi) is 3.56. The van der Waals surface area contributed by atoms with Gasteiger partial charge in [0.15, 0.2) is 0 Å². The van der Waals surface area contributed by atoms with Crippen molar-refractivity contribution in [1.29, 1.82) is 0 Å². The first kappa shape index (κ1) is 13.5. The smallest absolute Gasteiger partial charge is 0.257 e. The molecule has 1 aromatic heterocycles. The molecule has 1 aliphatic carbocycles. The van der Waals surface area contributed by atoms with Crippen LogP contribution in [0.4, 0.5) is 15.8 Å². The van der Waals surface area contributed by atoms with Gasteiger partial charge in [0.05, 0.1) is 11.3 Å². The van der Waals surface area contributed by atoms with Crippen LogP contribution in [0.5, 0.6) is 0 Å². The molecule has 108 valence electrons. The third kappa shape index (κ3) is 3.18. The zero-order valence-electron chi connectivity index (χ0n) is 11.7. The SMILES string of the molecule is Cc1cncc(C(=O)Nc2c(F)cccc2NC2CC2)c1.